The van der Waals surface area contributed by atoms with Gasteiger partial charge in [-0.2, -0.15) is 5.10 Å². The minimum Gasteiger partial charge on any atom is -0.337 e. The maximum Gasteiger partial charge on any atom is 0.274 e. The van der Waals surface area contributed by atoms with Crippen molar-refractivity contribution in [3.8, 4) is 0 Å². The minimum absolute atomic E-state index is 0. The molecule has 0 radical (unpaired) electrons. The van der Waals surface area contributed by atoms with Crippen LogP contribution in [0.2, 0.25) is 0 Å². The summed E-state index contributed by atoms with van der Waals surface area (Å²) in [6.07, 6.45) is 1.52. The molecule has 0 atom stereocenters. The number of nitro groups is 1. The number of aromatic amines is 1. The molecule has 3 rings (SSSR count). The molecule has 0 spiro atoms. The highest BCUT2D eigenvalue weighted by molar-refractivity contribution is 6.05. The molecule has 2 aromatic rings. The lowest BCUT2D eigenvalue weighted by molar-refractivity contribution is -0.384. The number of fused-ring (bicyclic) bond motifs is 1. The third-order valence-corrected chi connectivity index (χ3v) is 3.79. The molecular formula is C13H16ClN5O3. The minimum atomic E-state index is -0.486. The van der Waals surface area contributed by atoms with Crippen LogP contribution in [-0.2, 0) is 0 Å². The Hall–Kier alpha value is -2.19. The van der Waals surface area contributed by atoms with E-state index in [9.17, 15) is 14.9 Å². The first-order valence-electron chi connectivity index (χ1n) is 6.73. The van der Waals surface area contributed by atoms with E-state index in [4.69, 9.17) is 5.73 Å². The van der Waals surface area contributed by atoms with Gasteiger partial charge in [0.15, 0.2) is 5.69 Å². The summed E-state index contributed by atoms with van der Waals surface area (Å²) in [5.41, 5.74) is 6.60. The maximum absolute atomic E-state index is 12.5. The van der Waals surface area contributed by atoms with Gasteiger partial charge in [-0.25, -0.2) is 0 Å². The normalized spacial score (nSPS) is 15.6. The van der Waals surface area contributed by atoms with Crippen molar-refractivity contribution in [3.63, 3.8) is 0 Å². The van der Waals surface area contributed by atoms with Crippen molar-refractivity contribution in [1.82, 2.24) is 15.1 Å². The molecule has 1 fully saturated rings. The predicted molar refractivity (Wildman–Crippen MR) is 83.1 cm³/mol. The fraction of sp³-hybridized carbons (Fsp3) is 0.385. The number of benzene rings is 1. The Labute approximate surface area is 132 Å². The number of piperidine rings is 1. The highest BCUT2D eigenvalue weighted by atomic mass is 35.5. The van der Waals surface area contributed by atoms with Crippen molar-refractivity contribution in [2.24, 2.45) is 5.73 Å². The van der Waals surface area contributed by atoms with Crippen LogP contribution >= 0.6 is 12.4 Å². The summed E-state index contributed by atoms with van der Waals surface area (Å²) >= 11 is 0. The number of rotatable bonds is 2. The molecule has 2 heterocycles. The lowest BCUT2D eigenvalue weighted by Crippen LogP contribution is -2.43. The van der Waals surface area contributed by atoms with E-state index < -0.39 is 4.92 Å². The van der Waals surface area contributed by atoms with E-state index in [1.54, 1.807) is 11.0 Å². The van der Waals surface area contributed by atoms with Gasteiger partial charge in [-0.3, -0.25) is 20.0 Å². The third-order valence-electron chi connectivity index (χ3n) is 3.79. The third kappa shape index (κ3) is 2.88. The molecule has 0 saturated carbocycles. The van der Waals surface area contributed by atoms with E-state index in [2.05, 4.69) is 10.2 Å². The van der Waals surface area contributed by atoms with Crippen molar-refractivity contribution < 1.29 is 9.72 Å². The van der Waals surface area contributed by atoms with Gasteiger partial charge in [-0.05, 0) is 18.9 Å². The molecule has 1 aliphatic rings. The van der Waals surface area contributed by atoms with Crippen molar-refractivity contribution >= 4 is 34.9 Å². The summed E-state index contributed by atoms with van der Waals surface area (Å²) in [5, 5.41) is 18.1. The van der Waals surface area contributed by atoms with Gasteiger partial charge in [0.05, 0.1) is 10.4 Å². The fourth-order valence-corrected chi connectivity index (χ4v) is 2.53. The second-order valence-electron chi connectivity index (χ2n) is 5.19. The molecule has 0 aliphatic carbocycles. The number of nitrogens with two attached hydrogens (primary N) is 1. The van der Waals surface area contributed by atoms with Crippen LogP contribution in [0.3, 0.4) is 0 Å². The number of non-ortho nitro benzene ring substituents is 1. The van der Waals surface area contributed by atoms with Gasteiger partial charge in [0.25, 0.3) is 11.6 Å². The number of halogens is 1. The number of likely N-dealkylation sites (tertiary alicyclic amines) is 1. The molecule has 1 aliphatic heterocycles. The molecule has 9 heteroatoms. The Morgan fingerprint density at radius 1 is 1.41 bits per heavy atom. The molecule has 22 heavy (non-hydrogen) atoms. The molecule has 1 aromatic heterocycles. The summed E-state index contributed by atoms with van der Waals surface area (Å²) in [6, 6.07) is 4.45. The highest BCUT2D eigenvalue weighted by Crippen LogP contribution is 2.23. The van der Waals surface area contributed by atoms with Crippen molar-refractivity contribution in [2.75, 3.05) is 13.1 Å². The number of nitrogens with zero attached hydrogens (tertiary/aromatic N) is 3. The van der Waals surface area contributed by atoms with Crippen LogP contribution < -0.4 is 5.73 Å². The van der Waals surface area contributed by atoms with Crippen molar-refractivity contribution in [2.45, 2.75) is 18.9 Å². The number of nitro benzene ring substituents is 1. The van der Waals surface area contributed by atoms with Crippen LogP contribution in [0.5, 0.6) is 0 Å². The summed E-state index contributed by atoms with van der Waals surface area (Å²) in [4.78, 5) is 24.6. The van der Waals surface area contributed by atoms with Crippen LogP contribution in [0.1, 0.15) is 23.3 Å². The first-order chi connectivity index (χ1) is 10.1. The van der Waals surface area contributed by atoms with Gasteiger partial charge in [0.2, 0.25) is 0 Å². The van der Waals surface area contributed by atoms with Crippen LogP contribution in [0.15, 0.2) is 18.2 Å². The highest BCUT2D eigenvalue weighted by Gasteiger charge is 2.25. The van der Waals surface area contributed by atoms with Crippen LogP contribution in [0.4, 0.5) is 5.69 Å². The smallest absolute Gasteiger partial charge is 0.274 e. The van der Waals surface area contributed by atoms with E-state index in [0.717, 1.165) is 12.8 Å². The van der Waals surface area contributed by atoms with Gasteiger partial charge in [-0.15, -0.1) is 12.4 Å². The number of nitrogens with one attached hydrogen (secondary N) is 1. The topological polar surface area (TPSA) is 118 Å². The number of hydrogen-bond donors (Lipinski definition) is 2. The van der Waals surface area contributed by atoms with E-state index >= 15 is 0 Å². The average molecular weight is 326 g/mol. The molecular weight excluding hydrogens is 310 g/mol. The average Bonchev–Trinajstić information content (AvgIpc) is 2.90. The van der Waals surface area contributed by atoms with E-state index in [0.29, 0.717) is 24.0 Å². The fourth-order valence-electron chi connectivity index (χ4n) is 2.53. The molecule has 3 N–H and O–H groups in total. The molecule has 1 aromatic carbocycles. The maximum atomic E-state index is 12.5. The molecule has 1 amide bonds. The van der Waals surface area contributed by atoms with Crippen LogP contribution in [-0.4, -0.2) is 45.1 Å². The Morgan fingerprint density at radius 3 is 2.73 bits per heavy atom. The summed E-state index contributed by atoms with van der Waals surface area (Å²) in [7, 11) is 0. The van der Waals surface area contributed by atoms with E-state index in [1.807, 2.05) is 0 Å². The van der Waals surface area contributed by atoms with Gasteiger partial charge in [0.1, 0.15) is 0 Å². The van der Waals surface area contributed by atoms with Crippen LogP contribution in [0, 0.1) is 10.1 Å². The SMILES string of the molecule is Cl.NC1CCN(C(=O)c2n[nH]c3ccc([N+](=O)[O-])cc23)CC1. The summed E-state index contributed by atoms with van der Waals surface area (Å²) in [6.45, 7) is 1.17. The number of carbonyl (C=O) groups is 1. The van der Waals surface area contributed by atoms with Gasteiger partial charge in [0, 0.05) is 36.7 Å². The quantitative estimate of drug-likeness (QED) is 0.640. The lowest BCUT2D eigenvalue weighted by Gasteiger charge is -2.29. The molecule has 1 saturated heterocycles. The van der Waals surface area contributed by atoms with E-state index in [1.165, 1.54) is 12.1 Å². The first kappa shape index (κ1) is 16.2. The van der Waals surface area contributed by atoms with Gasteiger partial charge in [-0.1, -0.05) is 0 Å². The van der Waals surface area contributed by atoms with E-state index in [-0.39, 0.29) is 35.7 Å². The zero-order valence-electron chi connectivity index (χ0n) is 11.7. The zero-order valence-corrected chi connectivity index (χ0v) is 12.5. The molecule has 0 unspecified atom stereocenters. The van der Waals surface area contributed by atoms with Crippen molar-refractivity contribution in [3.05, 3.63) is 34.0 Å². The Balaban J connectivity index is 0.00000176. The summed E-state index contributed by atoms with van der Waals surface area (Å²) in [5.74, 6) is -0.214. The largest absolute Gasteiger partial charge is 0.337 e. The van der Waals surface area contributed by atoms with Crippen LogP contribution in [0.25, 0.3) is 10.9 Å². The summed E-state index contributed by atoms with van der Waals surface area (Å²) < 4.78 is 0. The van der Waals surface area contributed by atoms with Gasteiger partial charge >= 0.3 is 0 Å². The Morgan fingerprint density at radius 2 is 2.09 bits per heavy atom. The predicted octanol–water partition coefficient (Wildman–Crippen LogP) is 1.46. The molecule has 8 nitrogen and oxygen atoms in total. The zero-order chi connectivity index (χ0) is 15.0. The monoisotopic (exact) mass is 325 g/mol. The second-order valence-corrected chi connectivity index (χ2v) is 5.19. The van der Waals surface area contributed by atoms with Crippen molar-refractivity contribution in [1.29, 1.82) is 0 Å². The number of carbonyl (C=O) groups excluding carboxylic acids is 1. The number of hydrogen-bond acceptors (Lipinski definition) is 5. The number of H-pyrrole nitrogens is 1. The van der Waals surface area contributed by atoms with Gasteiger partial charge < -0.3 is 10.6 Å². The Kier molecular flexibility index (Phi) is 4.62. The standard InChI is InChI=1S/C13H15N5O3.ClH/c14-8-3-5-17(6-4-8)13(19)12-10-7-9(18(20)21)1-2-11(10)15-16-12;/h1-2,7-8H,3-6,14H2,(H,15,16);1H. The number of amides is 1. The number of aromatic nitrogens is 2. The second kappa shape index (κ2) is 6.29. The lowest BCUT2D eigenvalue weighted by atomic mass is 10.1. The Bertz CT molecular complexity index is 709. The molecule has 118 valence electrons. The first-order valence-corrected chi connectivity index (χ1v) is 6.73. The molecule has 0 bridgehead atoms.